The van der Waals surface area contributed by atoms with Gasteiger partial charge in [0, 0.05) is 17.6 Å². The summed E-state index contributed by atoms with van der Waals surface area (Å²) < 4.78 is 45.2. The second-order valence-electron chi connectivity index (χ2n) is 7.11. The molecule has 148 valence electrons. The standard InChI is InChI=1S/C18H22F3N3O2S/c1-17(2,3)22-9-12(25)10-26-15-6-4-11(18(19,20)21)8-13(15)14-5-7-16(27)24-23-14/h4-8,12,22,25H,9-10H2,1-3H3,(H,24,27). The number of aromatic nitrogens is 2. The van der Waals surface area contributed by atoms with Gasteiger partial charge in [-0.2, -0.15) is 18.3 Å². The number of benzene rings is 1. The summed E-state index contributed by atoms with van der Waals surface area (Å²) in [6, 6.07) is 6.17. The number of rotatable bonds is 6. The molecule has 1 heterocycles. The Hall–Kier alpha value is -1.97. The van der Waals surface area contributed by atoms with Crippen molar-refractivity contribution in [3.8, 4) is 17.0 Å². The number of aliphatic hydroxyl groups excluding tert-OH is 1. The maximum absolute atomic E-state index is 13.1. The Bertz CT molecular complexity index is 811. The first-order chi connectivity index (χ1) is 12.5. The number of H-pyrrole nitrogens is 1. The highest BCUT2D eigenvalue weighted by Crippen LogP contribution is 2.36. The van der Waals surface area contributed by atoms with Gasteiger partial charge >= 0.3 is 6.18 Å². The van der Waals surface area contributed by atoms with Crippen molar-refractivity contribution in [2.75, 3.05) is 13.2 Å². The Morgan fingerprint density at radius 3 is 2.48 bits per heavy atom. The molecule has 0 spiro atoms. The maximum Gasteiger partial charge on any atom is 0.416 e. The summed E-state index contributed by atoms with van der Waals surface area (Å²) in [5.74, 6) is 0.191. The van der Waals surface area contributed by atoms with Crippen LogP contribution in [0.4, 0.5) is 13.2 Å². The lowest BCUT2D eigenvalue weighted by atomic mass is 10.1. The normalized spacial score (nSPS) is 13.4. The average Bonchev–Trinajstić information content (AvgIpc) is 2.57. The smallest absolute Gasteiger partial charge is 0.416 e. The molecule has 0 aliphatic carbocycles. The summed E-state index contributed by atoms with van der Waals surface area (Å²) in [7, 11) is 0. The molecule has 1 aromatic heterocycles. The highest BCUT2D eigenvalue weighted by atomic mass is 32.1. The van der Waals surface area contributed by atoms with Crippen LogP contribution in [0.3, 0.4) is 0 Å². The van der Waals surface area contributed by atoms with E-state index in [2.05, 4.69) is 15.5 Å². The van der Waals surface area contributed by atoms with Crippen LogP contribution in [0.2, 0.25) is 0 Å². The first-order valence-electron chi connectivity index (χ1n) is 8.29. The number of nitrogens with zero attached hydrogens (tertiary/aromatic N) is 1. The summed E-state index contributed by atoms with van der Waals surface area (Å²) in [5.41, 5.74) is -0.574. The van der Waals surface area contributed by atoms with Gasteiger partial charge in [-0.15, -0.1) is 0 Å². The van der Waals surface area contributed by atoms with Crippen molar-refractivity contribution in [2.24, 2.45) is 0 Å². The lowest BCUT2D eigenvalue weighted by Gasteiger charge is -2.23. The first kappa shape index (κ1) is 21.3. The Kier molecular flexibility index (Phi) is 6.61. The second-order valence-corrected chi connectivity index (χ2v) is 7.55. The number of hydrogen-bond donors (Lipinski definition) is 3. The molecule has 0 saturated heterocycles. The molecule has 2 rings (SSSR count). The average molecular weight is 401 g/mol. The van der Waals surface area contributed by atoms with Gasteiger partial charge in [0.2, 0.25) is 0 Å². The van der Waals surface area contributed by atoms with E-state index in [-0.39, 0.29) is 35.7 Å². The van der Waals surface area contributed by atoms with Crippen molar-refractivity contribution in [3.05, 3.63) is 40.5 Å². The van der Waals surface area contributed by atoms with Gasteiger partial charge in [-0.05, 0) is 51.1 Å². The Labute approximate surface area is 160 Å². The van der Waals surface area contributed by atoms with Crippen LogP contribution in [-0.4, -0.2) is 40.1 Å². The summed E-state index contributed by atoms with van der Waals surface area (Å²) in [4.78, 5) is 0. The van der Waals surface area contributed by atoms with E-state index >= 15 is 0 Å². The fourth-order valence-corrected chi connectivity index (χ4v) is 2.31. The van der Waals surface area contributed by atoms with Crippen molar-refractivity contribution in [3.63, 3.8) is 0 Å². The minimum absolute atomic E-state index is 0.0791. The van der Waals surface area contributed by atoms with Crippen molar-refractivity contribution in [1.82, 2.24) is 15.5 Å². The molecular formula is C18H22F3N3O2S. The summed E-state index contributed by atoms with van der Waals surface area (Å²) >= 11 is 4.91. The Morgan fingerprint density at radius 2 is 1.93 bits per heavy atom. The predicted octanol–water partition coefficient (Wildman–Crippen LogP) is 3.95. The van der Waals surface area contributed by atoms with E-state index in [0.29, 0.717) is 4.64 Å². The fourth-order valence-electron chi connectivity index (χ4n) is 2.20. The molecule has 0 radical (unpaired) electrons. The number of halogens is 3. The number of nitrogens with one attached hydrogen (secondary N) is 2. The van der Waals surface area contributed by atoms with Crippen LogP contribution in [0, 0.1) is 4.64 Å². The third-order valence-corrected chi connectivity index (χ3v) is 3.79. The Balaban J connectivity index is 2.24. The molecule has 1 aromatic carbocycles. The van der Waals surface area contributed by atoms with Crippen LogP contribution in [0.15, 0.2) is 30.3 Å². The molecule has 27 heavy (non-hydrogen) atoms. The molecule has 5 nitrogen and oxygen atoms in total. The molecule has 0 aliphatic rings. The van der Waals surface area contributed by atoms with Crippen LogP contribution in [0.1, 0.15) is 26.3 Å². The van der Waals surface area contributed by atoms with Gasteiger partial charge in [0.1, 0.15) is 23.1 Å². The van der Waals surface area contributed by atoms with Gasteiger partial charge < -0.3 is 15.2 Å². The summed E-state index contributed by atoms with van der Waals surface area (Å²) in [5, 5.41) is 19.7. The Morgan fingerprint density at radius 1 is 1.22 bits per heavy atom. The van der Waals surface area contributed by atoms with E-state index in [1.54, 1.807) is 0 Å². The third-order valence-electron chi connectivity index (χ3n) is 3.56. The zero-order valence-corrected chi connectivity index (χ0v) is 16.0. The summed E-state index contributed by atoms with van der Waals surface area (Å²) in [6.07, 6.45) is -5.32. The minimum Gasteiger partial charge on any atom is -0.490 e. The molecule has 0 amide bonds. The van der Waals surface area contributed by atoms with E-state index < -0.39 is 17.8 Å². The highest BCUT2D eigenvalue weighted by molar-refractivity contribution is 7.71. The molecule has 1 atom stereocenters. The highest BCUT2D eigenvalue weighted by Gasteiger charge is 2.31. The van der Waals surface area contributed by atoms with Crippen LogP contribution in [-0.2, 0) is 6.18 Å². The third kappa shape index (κ3) is 6.60. The largest absolute Gasteiger partial charge is 0.490 e. The van der Waals surface area contributed by atoms with E-state index in [4.69, 9.17) is 17.0 Å². The topological polar surface area (TPSA) is 70.2 Å². The number of β-amino-alcohol motifs (C(OH)–C–C–N with tert-alkyl or cyclic N) is 1. The predicted molar refractivity (Wildman–Crippen MR) is 99.1 cm³/mol. The maximum atomic E-state index is 13.1. The van der Waals surface area contributed by atoms with E-state index in [1.165, 1.54) is 18.2 Å². The van der Waals surface area contributed by atoms with Crippen LogP contribution in [0.25, 0.3) is 11.3 Å². The lowest BCUT2D eigenvalue weighted by molar-refractivity contribution is -0.137. The monoisotopic (exact) mass is 401 g/mol. The van der Waals surface area contributed by atoms with Crippen molar-refractivity contribution in [1.29, 1.82) is 0 Å². The number of alkyl halides is 3. The van der Waals surface area contributed by atoms with Crippen LogP contribution >= 0.6 is 12.2 Å². The van der Waals surface area contributed by atoms with Gasteiger partial charge in [0.05, 0.1) is 11.3 Å². The molecule has 0 bridgehead atoms. The van der Waals surface area contributed by atoms with Crippen LogP contribution in [0.5, 0.6) is 5.75 Å². The molecule has 2 aromatic rings. The lowest BCUT2D eigenvalue weighted by Crippen LogP contribution is -2.42. The zero-order chi connectivity index (χ0) is 20.2. The number of aliphatic hydroxyl groups is 1. The zero-order valence-electron chi connectivity index (χ0n) is 15.2. The quantitative estimate of drug-likeness (QED) is 0.640. The van der Waals surface area contributed by atoms with E-state index in [1.807, 2.05) is 20.8 Å². The number of ether oxygens (including phenoxy) is 1. The summed E-state index contributed by atoms with van der Waals surface area (Å²) in [6.45, 7) is 6.08. The van der Waals surface area contributed by atoms with Crippen molar-refractivity contribution in [2.45, 2.75) is 38.6 Å². The van der Waals surface area contributed by atoms with Gasteiger partial charge in [-0.3, -0.25) is 5.10 Å². The van der Waals surface area contributed by atoms with E-state index in [9.17, 15) is 18.3 Å². The van der Waals surface area contributed by atoms with Gasteiger partial charge in [0.15, 0.2) is 0 Å². The van der Waals surface area contributed by atoms with Crippen LogP contribution < -0.4 is 10.1 Å². The second kappa shape index (κ2) is 8.37. The molecular weight excluding hydrogens is 379 g/mol. The fraction of sp³-hybridized carbons (Fsp3) is 0.444. The van der Waals surface area contributed by atoms with Crippen molar-refractivity contribution < 1.29 is 23.0 Å². The molecule has 0 fully saturated rings. The molecule has 3 N–H and O–H groups in total. The molecule has 0 aliphatic heterocycles. The van der Waals surface area contributed by atoms with Gasteiger partial charge in [-0.25, -0.2) is 0 Å². The number of hydrogen-bond acceptors (Lipinski definition) is 5. The SMILES string of the molecule is CC(C)(C)NCC(O)COc1ccc(C(F)(F)F)cc1-c1ccc(=S)[nH]n1. The number of aromatic amines is 1. The van der Waals surface area contributed by atoms with E-state index in [0.717, 1.165) is 12.1 Å². The minimum atomic E-state index is -4.49. The van der Waals surface area contributed by atoms with Gasteiger partial charge in [-0.1, -0.05) is 12.2 Å². The van der Waals surface area contributed by atoms with Gasteiger partial charge in [0.25, 0.3) is 0 Å². The molecule has 9 heteroatoms. The first-order valence-corrected chi connectivity index (χ1v) is 8.70. The van der Waals surface area contributed by atoms with Crippen molar-refractivity contribution >= 4 is 12.2 Å². The molecule has 0 saturated carbocycles. The molecule has 1 unspecified atom stereocenters.